The lowest BCUT2D eigenvalue weighted by Gasteiger charge is -2.25. The summed E-state index contributed by atoms with van der Waals surface area (Å²) in [5, 5.41) is 11.8. The summed E-state index contributed by atoms with van der Waals surface area (Å²) in [6.07, 6.45) is 0.986. The highest BCUT2D eigenvalue weighted by Gasteiger charge is 2.43. The van der Waals surface area contributed by atoms with Crippen molar-refractivity contribution in [2.24, 2.45) is 0 Å². The number of carbonyl (C=O) groups excluding carboxylic acids is 1. The van der Waals surface area contributed by atoms with E-state index in [1.807, 2.05) is 0 Å². The van der Waals surface area contributed by atoms with Crippen molar-refractivity contribution in [3.8, 4) is 0 Å². The molecule has 1 aliphatic carbocycles. The Morgan fingerprint density at radius 1 is 1.40 bits per heavy atom. The first-order valence-corrected chi connectivity index (χ1v) is 6.44. The molecule has 2 rings (SSSR count). The van der Waals surface area contributed by atoms with Gasteiger partial charge in [-0.25, -0.2) is 13.6 Å². The van der Waals surface area contributed by atoms with Crippen molar-refractivity contribution in [2.75, 3.05) is 0 Å². The van der Waals surface area contributed by atoms with Crippen LogP contribution >= 0.6 is 0 Å². The van der Waals surface area contributed by atoms with E-state index in [0.29, 0.717) is 12.8 Å². The fourth-order valence-electron chi connectivity index (χ4n) is 2.58. The molecule has 1 saturated carbocycles. The third-order valence-corrected chi connectivity index (χ3v) is 3.62. The van der Waals surface area contributed by atoms with E-state index < -0.39 is 30.4 Å². The molecule has 7 heteroatoms. The van der Waals surface area contributed by atoms with Crippen LogP contribution in [0.25, 0.3) is 0 Å². The standard InChI is InChI=1S/C13H16F2N2O3/c14-10(15)8-17-7-3-4-9(17)11(18)16-13(12(19)20)5-1-2-6-13/h3-4,7,10H,1-2,5-6,8H2,(H,16,18)(H,19,20). The zero-order chi connectivity index (χ0) is 14.8. The Morgan fingerprint density at radius 2 is 2.05 bits per heavy atom. The molecule has 1 aromatic heterocycles. The zero-order valence-electron chi connectivity index (χ0n) is 10.8. The molecule has 0 unspecified atom stereocenters. The summed E-state index contributed by atoms with van der Waals surface area (Å²) in [6, 6.07) is 2.89. The van der Waals surface area contributed by atoms with E-state index in [1.54, 1.807) is 0 Å². The van der Waals surface area contributed by atoms with Crippen molar-refractivity contribution in [3.05, 3.63) is 24.0 Å². The number of nitrogens with zero attached hydrogens (tertiary/aromatic N) is 1. The van der Waals surface area contributed by atoms with E-state index in [2.05, 4.69) is 5.32 Å². The van der Waals surface area contributed by atoms with Crippen LogP contribution in [0.2, 0.25) is 0 Å². The molecule has 0 bridgehead atoms. The van der Waals surface area contributed by atoms with Gasteiger partial charge >= 0.3 is 5.97 Å². The number of nitrogens with one attached hydrogen (secondary N) is 1. The maximum atomic E-state index is 12.4. The van der Waals surface area contributed by atoms with E-state index in [4.69, 9.17) is 0 Å². The molecule has 20 heavy (non-hydrogen) atoms. The summed E-state index contributed by atoms with van der Waals surface area (Å²) in [5.74, 6) is -1.70. The molecule has 0 radical (unpaired) electrons. The van der Waals surface area contributed by atoms with Crippen LogP contribution in [0.4, 0.5) is 8.78 Å². The van der Waals surface area contributed by atoms with Crippen LogP contribution in [0.5, 0.6) is 0 Å². The molecule has 5 nitrogen and oxygen atoms in total. The average Bonchev–Trinajstić information content (AvgIpc) is 2.98. The van der Waals surface area contributed by atoms with Crippen LogP contribution in [-0.2, 0) is 11.3 Å². The SMILES string of the molecule is O=C(NC1(C(=O)O)CCCC1)c1cccn1CC(F)F. The molecular formula is C13H16F2N2O3. The predicted octanol–water partition coefficient (Wildman–Crippen LogP) is 1.88. The molecule has 0 aromatic carbocycles. The Balaban J connectivity index is 2.15. The number of amides is 1. The number of alkyl halides is 2. The van der Waals surface area contributed by atoms with Crippen LogP contribution in [0, 0.1) is 0 Å². The fourth-order valence-corrected chi connectivity index (χ4v) is 2.58. The Bertz CT molecular complexity index is 507. The smallest absolute Gasteiger partial charge is 0.329 e. The molecule has 110 valence electrons. The normalized spacial score (nSPS) is 17.4. The number of aliphatic carboxylic acids is 1. The number of hydrogen-bond donors (Lipinski definition) is 2. The van der Waals surface area contributed by atoms with Gasteiger partial charge in [-0.2, -0.15) is 0 Å². The molecule has 0 saturated heterocycles. The molecule has 1 fully saturated rings. The molecule has 1 aromatic rings. The summed E-state index contributed by atoms with van der Waals surface area (Å²) < 4.78 is 25.9. The average molecular weight is 286 g/mol. The number of carbonyl (C=O) groups is 2. The third kappa shape index (κ3) is 2.81. The van der Waals surface area contributed by atoms with Crippen LogP contribution in [0.1, 0.15) is 36.2 Å². The number of carboxylic acids is 1. The Morgan fingerprint density at radius 3 is 2.60 bits per heavy atom. The van der Waals surface area contributed by atoms with Gasteiger partial charge in [0.05, 0.1) is 6.54 Å². The van der Waals surface area contributed by atoms with Gasteiger partial charge in [0.25, 0.3) is 12.3 Å². The first-order chi connectivity index (χ1) is 9.44. The highest BCUT2D eigenvalue weighted by Crippen LogP contribution is 2.30. The highest BCUT2D eigenvalue weighted by atomic mass is 19.3. The summed E-state index contributed by atoms with van der Waals surface area (Å²) in [7, 11) is 0. The van der Waals surface area contributed by atoms with Crippen LogP contribution in [-0.4, -0.2) is 33.5 Å². The van der Waals surface area contributed by atoms with Gasteiger partial charge in [-0.05, 0) is 25.0 Å². The van der Waals surface area contributed by atoms with Gasteiger partial charge in [0.2, 0.25) is 0 Å². The van der Waals surface area contributed by atoms with E-state index >= 15 is 0 Å². The van der Waals surface area contributed by atoms with E-state index in [1.165, 1.54) is 18.3 Å². The molecular weight excluding hydrogens is 270 g/mol. The molecule has 2 N–H and O–H groups in total. The summed E-state index contributed by atoms with van der Waals surface area (Å²) in [6.45, 7) is -0.587. The third-order valence-electron chi connectivity index (χ3n) is 3.62. The van der Waals surface area contributed by atoms with Gasteiger partial charge in [-0.3, -0.25) is 4.79 Å². The van der Waals surface area contributed by atoms with E-state index in [9.17, 15) is 23.5 Å². The Hall–Kier alpha value is -1.92. The van der Waals surface area contributed by atoms with Crippen molar-refractivity contribution < 1.29 is 23.5 Å². The largest absolute Gasteiger partial charge is 0.480 e. The number of aromatic nitrogens is 1. The first-order valence-electron chi connectivity index (χ1n) is 6.44. The monoisotopic (exact) mass is 286 g/mol. The number of rotatable bonds is 5. The lowest BCUT2D eigenvalue weighted by molar-refractivity contribution is -0.144. The number of carboxylic acid groups (broad SMARTS) is 1. The second-order valence-corrected chi connectivity index (χ2v) is 4.99. The van der Waals surface area contributed by atoms with Gasteiger partial charge in [-0.15, -0.1) is 0 Å². The summed E-state index contributed by atoms with van der Waals surface area (Å²) in [4.78, 5) is 23.5. The van der Waals surface area contributed by atoms with Crippen molar-refractivity contribution in [2.45, 2.75) is 44.2 Å². The maximum Gasteiger partial charge on any atom is 0.329 e. The van der Waals surface area contributed by atoms with Gasteiger partial charge in [0.1, 0.15) is 11.2 Å². The maximum absolute atomic E-state index is 12.4. The quantitative estimate of drug-likeness (QED) is 0.868. The molecule has 0 aliphatic heterocycles. The van der Waals surface area contributed by atoms with Crippen LogP contribution in [0.15, 0.2) is 18.3 Å². The zero-order valence-corrected chi connectivity index (χ0v) is 10.8. The first kappa shape index (κ1) is 14.5. The molecule has 1 heterocycles. The van der Waals surface area contributed by atoms with Gasteiger partial charge < -0.3 is 15.0 Å². The predicted molar refractivity (Wildman–Crippen MR) is 66.7 cm³/mol. The summed E-state index contributed by atoms with van der Waals surface area (Å²) in [5.41, 5.74) is -1.21. The minimum absolute atomic E-state index is 0.0535. The lowest BCUT2D eigenvalue weighted by Crippen LogP contribution is -2.52. The fraction of sp³-hybridized carbons (Fsp3) is 0.538. The highest BCUT2D eigenvalue weighted by molar-refractivity contribution is 5.96. The topological polar surface area (TPSA) is 71.3 Å². The van der Waals surface area contributed by atoms with Crippen molar-refractivity contribution in [3.63, 3.8) is 0 Å². The van der Waals surface area contributed by atoms with Gasteiger partial charge in [0.15, 0.2) is 0 Å². The van der Waals surface area contributed by atoms with Crippen LogP contribution in [0.3, 0.4) is 0 Å². The van der Waals surface area contributed by atoms with Gasteiger partial charge in [0, 0.05) is 6.20 Å². The van der Waals surface area contributed by atoms with Crippen molar-refractivity contribution in [1.29, 1.82) is 0 Å². The van der Waals surface area contributed by atoms with E-state index in [0.717, 1.165) is 17.4 Å². The molecule has 1 aliphatic rings. The minimum Gasteiger partial charge on any atom is -0.480 e. The molecule has 0 atom stereocenters. The lowest BCUT2D eigenvalue weighted by atomic mass is 9.97. The second kappa shape index (κ2) is 5.60. The molecule has 1 amide bonds. The summed E-state index contributed by atoms with van der Waals surface area (Å²) >= 11 is 0. The van der Waals surface area contributed by atoms with Crippen LogP contribution < -0.4 is 5.32 Å². The number of halogens is 2. The van der Waals surface area contributed by atoms with E-state index in [-0.39, 0.29) is 5.69 Å². The Kier molecular flexibility index (Phi) is 4.06. The second-order valence-electron chi connectivity index (χ2n) is 4.99. The van der Waals surface area contributed by atoms with Gasteiger partial charge in [-0.1, -0.05) is 12.8 Å². The number of hydrogen-bond acceptors (Lipinski definition) is 2. The van der Waals surface area contributed by atoms with Crippen molar-refractivity contribution >= 4 is 11.9 Å². The van der Waals surface area contributed by atoms with Crippen molar-refractivity contribution in [1.82, 2.24) is 9.88 Å². The minimum atomic E-state index is -2.58. The molecule has 0 spiro atoms. The Labute approximate surface area is 114 Å².